The summed E-state index contributed by atoms with van der Waals surface area (Å²) in [5.41, 5.74) is 0. The van der Waals surface area contributed by atoms with E-state index in [1.165, 1.54) is 25.7 Å². The van der Waals surface area contributed by atoms with Gasteiger partial charge in [-0.05, 0) is 31.2 Å². The van der Waals surface area contributed by atoms with Gasteiger partial charge in [0.15, 0.2) is 0 Å². The van der Waals surface area contributed by atoms with Crippen LogP contribution >= 0.6 is 0 Å². The summed E-state index contributed by atoms with van der Waals surface area (Å²) in [5, 5.41) is 3.72. The lowest BCUT2D eigenvalue weighted by Crippen LogP contribution is -2.43. The van der Waals surface area contributed by atoms with Crippen molar-refractivity contribution in [2.24, 2.45) is 17.8 Å². The molecule has 0 aromatic rings. The molecule has 1 N–H and O–H groups in total. The first-order valence-corrected chi connectivity index (χ1v) is 6.64. The van der Waals surface area contributed by atoms with Gasteiger partial charge in [0.2, 0.25) is 0 Å². The molecule has 2 rings (SSSR count). The number of nitrogens with one attached hydrogen (secondary N) is 1. The van der Waals surface area contributed by atoms with Crippen molar-refractivity contribution in [3.8, 4) is 0 Å². The van der Waals surface area contributed by atoms with E-state index in [0.29, 0.717) is 0 Å². The fraction of sp³-hybridized carbons (Fsp3) is 1.00. The third kappa shape index (κ3) is 2.54. The maximum atomic E-state index is 5.54. The van der Waals surface area contributed by atoms with Crippen LogP contribution in [0.25, 0.3) is 0 Å². The molecule has 1 aliphatic heterocycles. The van der Waals surface area contributed by atoms with Gasteiger partial charge >= 0.3 is 0 Å². The van der Waals surface area contributed by atoms with E-state index in [0.717, 1.165) is 43.6 Å². The summed E-state index contributed by atoms with van der Waals surface area (Å²) in [6.07, 6.45) is 5.55. The molecule has 2 nitrogen and oxygen atoms in total. The lowest BCUT2D eigenvalue weighted by Gasteiger charge is -2.31. The van der Waals surface area contributed by atoms with Gasteiger partial charge in [-0.2, -0.15) is 0 Å². The second-order valence-corrected chi connectivity index (χ2v) is 5.28. The van der Waals surface area contributed by atoms with E-state index in [1.807, 2.05) is 0 Å². The summed E-state index contributed by atoms with van der Waals surface area (Å²) in [5.74, 6) is 2.58. The largest absolute Gasteiger partial charge is 0.381 e. The Hall–Kier alpha value is -0.0800. The van der Waals surface area contributed by atoms with Crippen molar-refractivity contribution in [2.75, 3.05) is 19.8 Å². The molecule has 2 heteroatoms. The molecule has 1 saturated carbocycles. The second-order valence-electron chi connectivity index (χ2n) is 5.28. The van der Waals surface area contributed by atoms with Gasteiger partial charge in [0.05, 0.1) is 6.61 Å². The highest BCUT2D eigenvalue weighted by Crippen LogP contribution is 2.37. The van der Waals surface area contributed by atoms with Gasteiger partial charge in [0, 0.05) is 18.6 Å². The summed E-state index contributed by atoms with van der Waals surface area (Å²) in [7, 11) is 0. The molecular weight excluding hydrogens is 186 g/mol. The Labute approximate surface area is 93.8 Å². The predicted molar refractivity (Wildman–Crippen MR) is 62.9 cm³/mol. The first-order chi connectivity index (χ1) is 7.33. The quantitative estimate of drug-likeness (QED) is 0.771. The molecule has 0 aromatic carbocycles. The third-order valence-corrected chi connectivity index (χ3v) is 4.30. The monoisotopic (exact) mass is 211 g/mol. The van der Waals surface area contributed by atoms with E-state index in [4.69, 9.17) is 4.74 Å². The Morgan fingerprint density at radius 2 is 2.20 bits per heavy atom. The van der Waals surface area contributed by atoms with Crippen molar-refractivity contribution in [3.05, 3.63) is 0 Å². The minimum absolute atomic E-state index is 0.718. The average molecular weight is 211 g/mol. The molecule has 2 aliphatic rings. The predicted octanol–water partition coefficient (Wildman–Crippen LogP) is 2.44. The summed E-state index contributed by atoms with van der Waals surface area (Å²) in [6, 6.07) is 0.718. The zero-order valence-electron chi connectivity index (χ0n) is 10.2. The van der Waals surface area contributed by atoms with Crippen LogP contribution < -0.4 is 5.32 Å². The van der Waals surface area contributed by atoms with E-state index in [-0.39, 0.29) is 0 Å². The van der Waals surface area contributed by atoms with Gasteiger partial charge < -0.3 is 10.1 Å². The first kappa shape index (κ1) is 11.4. The van der Waals surface area contributed by atoms with Crippen molar-refractivity contribution in [1.82, 2.24) is 5.32 Å². The van der Waals surface area contributed by atoms with Crippen LogP contribution in [-0.2, 0) is 4.74 Å². The van der Waals surface area contributed by atoms with Gasteiger partial charge in [-0.1, -0.05) is 26.7 Å². The summed E-state index contributed by atoms with van der Waals surface area (Å²) in [6.45, 7) is 7.72. The highest BCUT2D eigenvalue weighted by atomic mass is 16.5. The van der Waals surface area contributed by atoms with Crippen molar-refractivity contribution in [1.29, 1.82) is 0 Å². The maximum absolute atomic E-state index is 5.54. The SMILES string of the molecule is CCNC(C1CCOC1)C1CCCC1C. The summed E-state index contributed by atoms with van der Waals surface area (Å²) < 4.78 is 5.54. The van der Waals surface area contributed by atoms with E-state index in [1.54, 1.807) is 0 Å². The van der Waals surface area contributed by atoms with Crippen LogP contribution in [0.1, 0.15) is 39.5 Å². The van der Waals surface area contributed by atoms with Crippen LogP contribution in [0.4, 0.5) is 0 Å². The topological polar surface area (TPSA) is 21.3 Å². The summed E-state index contributed by atoms with van der Waals surface area (Å²) in [4.78, 5) is 0. The van der Waals surface area contributed by atoms with Crippen LogP contribution in [0.3, 0.4) is 0 Å². The van der Waals surface area contributed by atoms with Gasteiger partial charge in [-0.3, -0.25) is 0 Å². The molecule has 15 heavy (non-hydrogen) atoms. The number of hydrogen-bond acceptors (Lipinski definition) is 2. The van der Waals surface area contributed by atoms with Gasteiger partial charge in [-0.15, -0.1) is 0 Å². The van der Waals surface area contributed by atoms with Crippen LogP contribution in [0.15, 0.2) is 0 Å². The van der Waals surface area contributed by atoms with Crippen LogP contribution in [0.5, 0.6) is 0 Å². The molecule has 0 aromatic heterocycles. The lowest BCUT2D eigenvalue weighted by atomic mass is 9.82. The first-order valence-electron chi connectivity index (χ1n) is 6.64. The highest BCUT2D eigenvalue weighted by Gasteiger charge is 2.36. The summed E-state index contributed by atoms with van der Waals surface area (Å²) >= 11 is 0. The Balaban J connectivity index is 1.97. The Morgan fingerprint density at radius 3 is 2.73 bits per heavy atom. The molecule has 0 amide bonds. The van der Waals surface area contributed by atoms with E-state index < -0.39 is 0 Å². The van der Waals surface area contributed by atoms with Crippen molar-refractivity contribution < 1.29 is 4.74 Å². The number of hydrogen-bond donors (Lipinski definition) is 1. The fourth-order valence-electron chi connectivity index (χ4n) is 3.45. The average Bonchev–Trinajstić information content (AvgIpc) is 2.85. The van der Waals surface area contributed by atoms with Crippen LogP contribution in [0, 0.1) is 17.8 Å². The smallest absolute Gasteiger partial charge is 0.0510 e. The molecule has 1 saturated heterocycles. The zero-order chi connectivity index (χ0) is 10.7. The molecule has 4 unspecified atom stereocenters. The van der Waals surface area contributed by atoms with Gasteiger partial charge in [-0.25, -0.2) is 0 Å². The zero-order valence-corrected chi connectivity index (χ0v) is 10.2. The number of rotatable bonds is 4. The number of ether oxygens (including phenoxy) is 1. The van der Waals surface area contributed by atoms with Crippen LogP contribution in [-0.4, -0.2) is 25.8 Å². The minimum atomic E-state index is 0.718. The second kappa shape index (κ2) is 5.31. The fourth-order valence-corrected chi connectivity index (χ4v) is 3.45. The highest BCUT2D eigenvalue weighted by molar-refractivity contribution is 4.90. The molecule has 1 aliphatic carbocycles. The molecule has 88 valence electrons. The standard InChI is InChI=1S/C13H25NO/c1-3-14-13(11-7-8-15-9-11)12-6-4-5-10(12)2/h10-14H,3-9H2,1-2H3. The molecule has 0 radical (unpaired) electrons. The van der Waals surface area contributed by atoms with Gasteiger partial charge in [0.1, 0.15) is 0 Å². The van der Waals surface area contributed by atoms with Crippen LogP contribution in [0.2, 0.25) is 0 Å². The van der Waals surface area contributed by atoms with E-state index >= 15 is 0 Å². The Kier molecular flexibility index (Phi) is 4.04. The molecular formula is C13H25NO. The van der Waals surface area contributed by atoms with Crippen molar-refractivity contribution >= 4 is 0 Å². The molecule has 0 spiro atoms. The van der Waals surface area contributed by atoms with Gasteiger partial charge in [0.25, 0.3) is 0 Å². The van der Waals surface area contributed by atoms with Crippen molar-refractivity contribution in [3.63, 3.8) is 0 Å². The normalized spacial score (nSPS) is 38.4. The molecule has 1 heterocycles. The Morgan fingerprint density at radius 1 is 1.33 bits per heavy atom. The van der Waals surface area contributed by atoms with E-state index in [9.17, 15) is 0 Å². The third-order valence-electron chi connectivity index (χ3n) is 4.30. The molecule has 4 atom stereocenters. The minimum Gasteiger partial charge on any atom is -0.381 e. The maximum Gasteiger partial charge on any atom is 0.0510 e. The van der Waals surface area contributed by atoms with Crippen molar-refractivity contribution in [2.45, 2.75) is 45.6 Å². The molecule has 2 fully saturated rings. The lowest BCUT2D eigenvalue weighted by molar-refractivity contribution is 0.157. The Bertz CT molecular complexity index is 189. The van der Waals surface area contributed by atoms with E-state index in [2.05, 4.69) is 19.2 Å². The molecule has 0 bridgehead atoms.